The van der Waals surface area contributed by atoms with E-state index in [2.05, 4.69) is 15.9 Å². The molecule has 3 aromatic rings. The molecular weight excluding hydrogens is 580 g/mol. The Labute approximate surface area is 230 Å². The van der Waals surface area contributed by atoms with Gasteiger partial charge in [0.25, 0.3) is 15.9 Å². The molecule has 4 rings (SSSR count). The molecule has 1 amide bonds. The lowest BCUT2D eigenvalue weighted by Crippen LogP contribution is -2.39. The number of amides is 1. The fourth-order valence-electron chi connectivity index (χ4n) is 4.62. The summed E-state index contributed by atoms with van der Waals surface area (Å²) in [6.45, 7) is 0.432. The van der Waals surface area contributed by atoms with Crippen LogP contribution >= 0.6 is 27.5 Å². The summed E-state index contributed by atoms with van der Waals surface area (Å²) in [5.41, 5.74) is 0.561. The first-order valence-corrected chi connectivity index (χ1v) is 14.1. The Bertz CT molecular complexity index is 1430. The van der Waals surface area contributed by atoms with Crippen LogP contribution in [0.3, 0.4) is 0 Å². The Balaban J connectivity index is 1.62. The van der Waals surface area contributed by atoms with E-state index < -0.39 is 27.3 Å². The first-order chi connectivity index (χ1) is 17.6. The summed E-state index contributed by atoms with van der Waals surface area (Å²) in [4.78, 5) is 28.0. The number of carbonyl (C=O) groups excluding carboxylic acids is 2. The number of esters is 1. The van der Waals surface area contributed by atoms with Gasteiger partial charge in [0.2, 0.25) is 0 Å². The molecule has 3 aromatic carbocycles. The SMILES string of the molecule is COC(=O)C1(Cc2cccc(Br)c2)CCN(C(=O)c2cc(S(=O)(=O)N(C)c3ccccc3)ccc2Cl)C1. The molecule has 1 aliphatic heterocycles. The van der Waals surface area contributed by atoms with E-state index in [9.17, 15) is 18.0 Å². The van der Waals surface area contributed by atoms with E-state index in [1.807, 2.05) is 24.3 Å². The zero-order chi connectivity index (χ0) is 26.8. The van der Waals surface area contributed by atoms with Gasteiger partial charge in [0.1, 0.15) is 0 Å². The van der Waals surface area contributed by atoms with Crippen molar-refractivity contribution in [3.8, 4) is 0 Å². The molecule has 0 spiro atoms. The van der Waals surface area contributed by atoms with Crippen molar-refractivity contribution >= 4 is 55.1 Å². The Morgan fingerprint density at radius 1 is 1.08 bits per heavy atom. The molecule has 1 aliphatic rings. The highest BCUT2D eigenvalue weighted by Gasteiger charge is 2.47. The standard InChI is InChI=1S/C27H26BrClN2O5S/c1-30(21-9-4-3-5-10-21)37(34,35)22-11-12-24(29)23(16-22)25(32)31-14-13-27(18-31,26(33)36-2)17-19-7-6-8-20(28)15-19/h3-12,15-16H,13-14,17-18H2,1-2H3. The first kappa shape index (κ1) is 27.2. The van der Waals surface area contributed by atoms with Crippen molar-refractivity contribution < 1.29 is 22.7 Å². The van der Waals surface area contributed by atoms with E-state index in [4.69, 9.17) is 16.3 Å². The molecule has 0 aliphatic carbocycles. The van der Waals surface area contributed by atoms with Crippen molar-refractivity contribution in [2.24, 2.45) is 5.41 Å². The van der Waals surface area contributed by atoms with Crippen molar-refractivity contribution in [2.45, 2.75) is 17.7 Å². The summed E-state index contributed by atoms with van der Waals surface area (Å²) in [6.07, 6.45) is 0.803. The van der Waals surface area contributed by atoms with Gasteiger partial charge in [-0.25, -0.2) is 8.42 Å². The van der Waals surface area contributed by atoms with E-state index in [-0.39, 0.29) is 22.0 Å². The summed E-state index contributed by atoms with van der Waals surface area (Å²) in [7, 11) is -1.16. The van der Waals surface area contributed by atoms with Crippen molar-refractivity contribution in [3.63, 3.8) is 0 Å². The number of para-hydroxylation sites is 1. The molecule has 0 aromatic heterocycles. The number of nitrogens with zero attached hydrogens (tertiary/aromatic N) is 2. The predicted molar refractivity (Wildman–Crippen MR) is 146 cm³/mol. The zero-order valence-electron chi connectivity index (χ0n) is 20.4. The lowest BCUT2D eigenvalue weighted by molar-refractivity contribution is -0.151. The lowest BCUT2D eigenvalue weighted by Gasteiger charge is -2.27. The topological polar surface area (TPSA) is 84.0 Å². The maximum atomic E-state index is 13.6. The number of rotatable bonds is 7. The number of sulfonamides is 1. The van der Waals surface area contributed by atoms with Gasteiger partial charge in [0.05, 0.1) is 33.7 Å². The Morgan fingerprint density at radius 2 is 1.81 bits per heavy atom. The highest BCUT2D eigenvalue weighted by Crippen LogP contribution is 2.37. The van der Waals surface area contributed by atoms with E-state index in [1.165, 1.54) is 37.3 Å². The molecule has 0 saturated carbocycles. The molecule has 1 saturated heterocycles. The van der Waals surface area contributed by atoms with E-state index in [0.29, 0.717) is 25.1 Å². The number of likely N-dealkylation sites (tertiary alicyclic amines) is 1. The average molecular weight is 606 g/mol. The Morgan fingerprint density at radius 3 is 2.49 bits per heavy atom. The molecule has 1 heterocycles. The monoisotopic (exact) mass is 604 g/mol. The van der Waals surface area contributed by atoms with Gasteiger partial charge in [-0.05, 0) is 60.9 Å². The smallest absolute Gasteiger partial charge is 0.314 e. The average Bonchev–Trinajstić information content (AvgIpc) is 3.33. The van der Waals surface area contributed by atoms with Gasteiger partial charge >= 0.3 is 5.97 Å². The quantitative estimate of drug-likeness (QED) is 0.347. The van der Waals surface area contributed by atoms with Crippen molar-refractivity contribution in [1.29, 1.82) is 0 Å². The van der Waals surface area contributed by atoms with Crippen LogP contribution in [-0.2, 0) is 26.0 Å². The van der Waals surface area contributed by atoms with Crippen molar-refractivity contribution in [2.75, 3.05) is 31.6 Å². The van der Waals surface area contributed by atoms with E-state index >= 15 is 0 Å². The highest BCUT2D eigenvalue weighted by atomic mass is 79.9. The molecule has 1 unspecified atom stereocenters. The number of hydrogen-bond donors (Lipinski definition) is 0. The number of anilines is 1. The van der Waals surface area contributed by atoms with Crippen molar-refractivity contribution in [1.82, 2.24) is 4.90 Å². The second-order valence-electron chi connectivity index (χ2n) is 9.01. The maximum Gasteiger partial charge on any atom is 0.314 e. The van der Waals surface area contributed by atoms with Gasteiger partial charge in [-0.2, -0.15) is 0 Å². The van der Waals surface area contributed by atoms with Crippen LogP contribution in [0.1, 0.15) is 22.3 Å². The number of benzene rings is 3. The van der Waals surface area contributed by atoms with Gasteiger partial charge in [0, 0.05) is 24.6 Å². The third kappa shape index (κ3) is 5.54. The molecule has 37 heavy (non-hydrogen) atoms. The molecule has 0 N–H and O–H groups in total. The molecule has 1 atom stereocenters. The lowest BCUT2D eigenvalue weighted by atomic mass is 9.81. The van der Waals surface area contributed by atoms with Gasteiger partial charge in [-0.1, -0.05) is 57.9 Å². The van der Waals surface area contributed by atoms with Crippen LogP contribution in [-0.4, -0.2) is 52.4 Å². The van der Waals surface area contributed by atoms with Crippen LogP contribution < -0.4 is 4.31 Å². The number of carbonyl (C=O) groups is 2. The number of methoxy groups -OCH3 is 1. The van der Waals surface area contributed by atoms with Crippen LogP contribution in [0.15, 0.2) is 82.2 Å². The van der Waals surface area contributed by atoms with Gasteiger partial charge in [-0.15, -0.1) is 0 Å². The van der Waals surface area contributed by atoms with E-state index in [1.54, 1.807) is 30.3 Å². The second kappa shape index (κ2) is 10.8. The minimum Gasteiger partial charge on any atom is -0.469 e. The second-order valence-corrected chi connectivity index (χ2v) is 12.3. The number of ether oxygens (including phenoxy) is 1. The van der Waals surface area contributed by atoms with Crippen LogP contribution in [0, 0.1) is 5.41 Å². The third-order valence-corrected chi connectivity index (χ3v) is 9.24. The van der Waals surface area contributed by atoms with E-state index in [0.717, 1.165) is 14.3 Å². The normalized spacial score (nSPS) is 17.5. The Kier molecular flexibility index (Phi) is 7.96. The summed E-state index contributed by atoms with van der Waals surface area (Å²) in [6, 6.07) is 20.4. The molecule has 7 nitrogen and oxygen atoms in total. The zero-order valence-corrected chi connectivity index (χ0v) is 23.5. The first-order valence-electron chi connectivity index (χ1n) is 11.5. The number of hydrogen-bond acceptors (Lipinski definition) is 5. The third-order valence-electron chi connectivity index (χ3n) is 6.64. The van der Waals surface area contributed by atoms with Gasteiger partial charge in [-0.3, -0.25) is 13.9 Å². The molecule has 194 valence electrons. The van der Waals surface area contributed by atoms with Gasteiger partial charge in [0.15, 0.2) is 0 Å². The minimum absolute atomic E-state index is 0.0563. The Hall–Kier alpha value is -2.88. The van der Waals surface area contributed by atoms with Crippen LogP contribution in [0.4, 0.5) is 5.69 Å². The summed E-state index contributed by atoms with van der Waals surface area (Å²) in [5, 5.41) is 0.133. The van der Waals surface area contributed by atoms with Crippen LogP contribution in [0.2, 0.25) is 5.02 Å². The summed E-state index contributed by atoms with van der Waals surface area (Å²) in [5.74, 6) is -0.834. The van der Waals surface area contributed by atoms with Crippen molar-refractivity contribution in [3.05, 3.63) is 93.4 Å². The highest BCUT2D eigenvalue weighted by molar-refractivity contribution is 9.10. The fraction of sp³-hybridized carbons (Fsp3) is 0.259. The van der Waals surface area contributed by atoms with Gasteiger partial charge < -0.3 is 9.64 Å². The molecule has 1 fully saturated rings. The summed E-state index contributed by atoms with van der Waals surface area (Å²) < 4.78 is 33.8. The fourth-order valence-corrected chi connectivity index (χ4v) is 6.48. The minimum atomic E-state index is -3.95. The molecule has 0 bridgehead atoms. The molecule has 10 heteroatoms. The van der Waals surface area contributed by atoms with Crippen LogP contribution in [0.5, 0.6) is 0 Å². The largest absolute Gasteiger partial charge is 0.469 e. The molecular formula is C27H26BrClN2O5S. The maximum absolute atomic E-state index is 13.6. The van der Waals surface area contributed by atoms with Crippen LogP contribution in [0.25, 0.3) is 0 Å². The predicted octanol–water partition coefficient (Wildman–Crippen LogP) is 5.18. The molecule has 0 radical (unpaired) electrons. The summed E-state index contributed by atoms with van der Waals surface area (Å²) >= 11 is 9.83. The number of halogens is 2.